The van der Waals surface area contributed by atoms with Crippen LogP contribution in [-0.2, 0) is 24.2 Å². The van der Waals surface area contributed by atoms with Gasteiger partial charge in [-0.2, -0.15) is 0 Å². The number of carbonyl (C=O) groups is 2. The number of alkyl carbamates (subject to hydrolysis) is 1. The Hall–Kier alpha value is -4.33. The number of benzene rings is 4. The molecule has 0 aliphatic rings. The number of phenolic OH excluding ortho intramolecular Hbond substituents is 1. The lowest BCUT2D eigenvalue weighted by molar-refractivity contribution is 0.0813. The van der Waals surface area contributed by atoms with Crippen LogP contribution in [0.5, 0.6) is 5.75 Å². The number of aromatic hydroxyl groups is 1. The van der Waals surface area contributed by atoms with E-state index < -0.39 is 30.2 Å². The Bertz CT molecular complexity index is 1400. The van der Waals surface area contributed by atoms with Gasteiger partial charge in [-0.1, -0.05) is 103 Å². The number of nitrogens with one attached hydrogen (secondary N) is 2. The molecule has 3 atom stereocenters. The summed E-state index contributed by atoms with van der Waals surface area (Å²) in [6.45, 7) is 0.0981. The molecule has 0 aliphatic heterocycles. The molecule has 0 fully saturated rings. The summed E-state index contributed by atoms with van der Waals surface area (Å²) >= 11 is 6.21. The molecule has 7 nitrogen and oxygen atoms in total. The van der Waals surface area contributed by atoms with Crippen LogP contribution in [0.15, 0.2) is 109 Å². The summed E-state index contributed by atoms with van der Waals surface area (Å²) in [5.41, 5.74) is 2.96. The number of carbonyl (C=O) groups excluding carboxylic acids is 2. The molecule has 4 aromatic rings. The lowest BCUT2D eigenvalue weighted by Crippen LogP contribution is -2.48. The third-order valence-electron chi connectivity index (χ3n) is 6.66. The second-order valence-corrected chi connectivity index (χ2v) is 10.2. The summed E-state index contributed by atoms with van der Waals surface area (Å²) in [5, 5.41) is 27.1. The average Bonchev–Trinajstić information content (AvgIpc) is 2.97. The van der Waals surface area contributed by atoms with E-state index in [9.17, 15) is 19.8 Å². The van der Waals surface area contributed by atoms with Crippen LogP contribution in [-0.4, -0.2) is 40.4 Å². The second kappa shape index (κ2) is 14.9. The van der Waals surface area contributed by atoms with Crippen molar-refractivity contribution in [1.29, 1.82) is 0 Å². The molecular formula is C33H33ClN2O5. The van der Waals surface area contributed by atoms with Crippen LogP contribution in [0.1, 0.15) is 33.5 Å². The van der Waals surface area contributed by atoms with Crippen LogP contribution in [0.3, 0.4) is 0 Å². The van der Waals surface area contributed by atoms with Gasteiger partial charge in [-0.3, -0.25) is 4.79 Å². The quantitative estimate of drug-likeness (QED) is 0.175. The Morgan fingerprint density at radius 3 is 1.90 bits per heavy atom. The lowest BCUT2D eigenvalue weighted by Gasteiger charge is -2.28. The zero-order chi connectivity index (χ0) is 29.0. The molecule has 0 saturated carbocycles. The average molecular weight is 573 g/mol. The Morgan fingerprint density at radius 1 is 0.756 bits per heavy atom. The van der Waals surface area contributed by atoms with E-state index in [-0.39, 0.29) is 29.4 Å². The van der Waals surface area contributed by atoms with E-state index in [1.807, 2.05) is 91.0 Å². The van der Waals surface area contributed by atoms with Gasteiger partial charge in [0.05, 0.1) is 22.7 Å². The predicted octanol–water partition coefficient (Wildman–Crippen LogP) is 5.68. The fourth-order valence-corrected chi connectivity index (χ4v) is 4.83. The van der Waals surface area contributed by atoms with Crippen LogP contribution in [0.4, 0.5) is 4.79 Å². The van der Waals surface area contributed by atoms with Gasteiger partial charge in [0.15, 0.2) is 0 Å². The highest BCUT2D eigenvalue weighted by atomic mass is 35.5. The van der Waals surface area contributed by atoms with Gasteiger partial charge in [0.25, 0.3) is 5.91 Å². The van der Waals surface area contributed by atoms with Crippen molar-refractivity contribution in [3.05, 3.63) is 136 Å². The summed E-state index contributed by atoms with van der Waals surface area (Å²) in [7, 11) is 0. The minimum Gasteiger partial charge on any atom is -0.508 e. The van der Waals surface area contributed by atoms with E-state index in [0.717, 1.165) is 16.7 Å². The van der Waals surface area contributed by atoms with Gasteiger partial charge in [-0.15, -0.1) is 0 Å². The van der Waals surface area contributed by atoms with Gasteiger partial charge >= 0.3 is 6.09 Å². The van der Waals surface area contributed by atoms with Crippen LogP contribution < -0.4 is 10.6 Å². The maximum absolute atomic E-state index is 13.2. The largest absolute Gasteiger partial charge is 0.508 e. The molecule has 0 aliphatic carbocycles. The predicted molar refractivity (Wildman–Crippen MR) is 159 cm³/mol. The number of aliphatic hydroxyl groups is 1. The molecule has 0 radical (unpaired) electrons. The highest BCUT2D eigenvalue weighted by molar-refractivity contribution is 6.34. The lowest BCUT2D eigenvalue weighted by atomic mass is 9.93. The summed E-state index contributed by atoms with van der Waals surface area (Å²) in [6, 6.07) is 31.4. The van der Waals surface area contributed by atoms with Crippen molar-refractivity contribution in [3.63, 3.8) is 0 Å². The SMILES string of the molecule is O=C(N[C@@H](Cc1ccccc1)[C@@H](O)C[C@H](Cc1ccccc1)NC(=O)c1ccc(O)cc1Cl)OCc1ccccc1. The first-order chi connectivity index (χ1) is 19.9. The fraction of sp³-hybridized carbons (Fsp3) is 0.212. The molecular weight excluding hydrogens is 540 g/mol. The summed E-state index contributed by atoms with van der Waals surface area (Å²) in [4.78, 5) is 25.9. The van der Waals surface area contributed by atoms with E-state index in [1.54, 1.807) is 0 Å². The van der Waals surface area contributed by atoms with E-state index >= 15 is 0 Å². The molecule has 8 heteroatoms. The molecule has 4 N–H and O–H groups in total. The highest BCUT2D eigenvalue weighted by Gasteiger charge is 2.27. The zero-order valence-corrected chi connectivity index (χ0v) is 23.2. The Morgan fingerprint density at radius 2 is 1.32 bits per heavy atom. The first kappa shape index (κ1) is 29.6. The second-order valence-electron chi connectivity index (χ2n) is 9.83. The molecule has 212 valence electrons. The van der Waals surface area contributed by atoms with Crippen molar-refractivity contribution in [2.45, 2.75) is 44.1 Å². The smallest absolute Gasteiger partial charge is 0.407 e. The number of hydrogen-bond acceptors (Lipinski definition) is 5. The van der Waals surface area contributed by atoms with Crippen molar-refractivity contribution in [2.24, 2.45) is 0 Å². The molecule has 0 spiro atoms. The van der Waals surface area contributed by atoms with Crippen molar-refractivity contribution >= 4 is 23.6 Å². The van der Waals surface area contributed by atoms with Gasteiger partial charge in [0.2, 0.25) is 0 Å². The number of phenols is 1. The normalized spacial score (nSPS) is 13.0. The minimum absolute atomic E-state index is 0.0446. The van der Waals surface area contributed by atoms with Crippen LogP contribution in [0, 0.1) is 0 Å². The summed E-state index contributed by atoms with van der Waals surface area (Å²) < 4.78 is 5.43. The molecule has 0 aromatic heterocycles. The van der Waals surface area contributed by atoms with Crippen molar-refractivity contribution in [3.8, 4) is 5.75 Å². The molecule has 41 heavy (non-hydrogen) atoms. The van der Waals surface area contributed by atoms with Gasteiger partial charge in [-0.05, 0) is 54.2 Å². The van der Waals surface area contributed by atoms with Crippen LogP contribution >= 0.6 is 11.6 Å². The molecule has 2 amide bonds. The number of halogens is 1. The van der Waals surface area contributed by atoms with Crippen molar-refractivity contribution < 1.29 is 24.5 Å². The summed E-state index contributed by atoms with van der Waals surface area (Å²) in [5.74, 6) is -0.477. The Balaban J connectivity index is 1.50. The number of hydrogen-bond donors (Lipinski definition) is 4. The first-order valence-electron chi connectivity index (χ1n) is 13.4. The van der Waals surface area contributed by atoms with E-state index in [0.29, 0.717) is 12.8 Å². The van der Waals surface area contributed by atoms with Crippen LogP contribution in [0.25, 0.3) is 0 Å². The Kier molecular flexibility index (Phi) is 10.8. The van der Waals surface area contributed by atoms with Gasteiger partial charge in [0.1, 0.15) is 12.4 Å². The minimum atomic E-state index is -1.02. The van der Waals surface area contributed by atoms with Gasteiger partial charge < -0.3 is 25.6 Å². The van der Waals surface area contributed by atoms with Gasteiger partial charge in [-0.25, -0.2) is 4.79 Å². The van der Waals surface area contributed by atoms with Crippen molar-refractivity contribution in [2.75, 3.05) is 0 Å². The van der Waals surface area contributed by atoms with E-state index in [1.165, 1.54) is 18.2 Å². The molecule has 0 saturated heterocycles. The summed E-state index contributed by atoms with van der Waals surface area (Å²) in [6.07, 6.45) is -0.724. The maximum Gasteiger partial charge on any atom is 0.407 e. The standard InChI is InChI=1S/C33H33ClN2O5/c34-29-21-27(37)16-17-28(29)32(39)35-26(18-23-10-4-1-5-11-23)20-31(38)30(19-24-12-6-2-7-13-24)36-33(40)41-22-25-14-8-3-9-15-25/h1-17,21,26,30-31,37-38H,18-20,22H2,(H,35,39)(H,36,40)/t26-,30-,31-/m0/s1. The molecule has 4 aromatic carbocycles. The van der Waals surface area contributed by atoms with E-state index in [4.69, 9.17) is 16.3 Å². The number of ether oxygens (including phenoxy) is 1. The first-order valence-corrected chi connectivity index (χ1v) is 13.8. The van der Waals surface area contributed by atoms with E-state index in [2.05, 4.69) is 10.6 Å². The monoisotopic (exact) mass is 572 g/mol. The third-order valence-corrected chi connectivity index (χ3v) is 6.98. The number of rotatable bonds is 12. The highest BCUT2D eigenvalue weighted by Crippen LogP contribution is 2.22. The zero-order valence-electron chi connectivity index (χ0n) is 22.4. The Labute approximate surface area is 244 Å². The molecule has 4 rings (SSSR count). The fourth-order valence-electron chi connectivity index (χ4n) is 4.57. The van der Waals surface area contributed by atoms with Crippen molar-refractivity contribution in [1.82, 2.24) is 10.6 Å². The number of aliphatic hydroxyl groups excluding tert-OH is 1. The maximum atomic E-state index is 13.2. The number of amides is 2. The topological polar surface area (TPSA) is 108 Å². The van der Waals surface area contributed by atoms with Crippen LogP contribution in [0.2, 0.25) is 5.02 Å². The van der Waals surface area contributed by atoms with Gasteiger partial charge in [0, 0.05) is 6.04 Å². The molecule has 0 unspecified atom stereocenters. The molecule has 0 bridgehead atoms. The molecule has 0 heterocycles. The third kappa shape index (κ3) is 9.38.